The van der Waals surface area contributed by atoms with Crippen LogP contribution < -0.4 is 5.32 Å². The molecule has 0 spiro atoms. The van der Waals surface area contributed by atoms with E-state index in [0.29, 0.717) is 13.1 Å². The maximum atomic E-state index is 11.7. The molecule has 1 saturated heterocycles. The Bertz CT molecular complexity index is 471. The van der Waals surface area contributed by atoms with Gasteiger partial charge in [-0.3, -0.25) is 4.79 Å². The van der Waals surface area contributed by atoms with Crippen molar-refractivity contribution in [1.82, 2.24) is 14.9 Å². The van der Waals surface area contributed by atoms with Gasteiger partial charge in [0, 0.05) is 19.3 Å². The largest absolute Gasteiger partial charge is 0.476 e. The molecule has 1 aliphatic heterocycles. The topological polar surface area (TPSA) is 93.5 Å². The molecule has 0 aromatic carbocycles. The van der Waals surface area contributed by atoms with Gasteiger partial charge in [-0.15, -0.1) is 0 Å². The van der Waals surface area contributed by atoms with Gasteiger partial charge in [-0.2, -0.15) is 0 Å². The number of imidazole rings is 1. The third-order valence-electron chi connectivity index (χ3n) is 3.05. The summed E-state index contributed by atoms with van der Waals surface area (Å²) in [6, 6.07) is 0. The average molecular weight is 267 g/mol. The van der Waals surface area contributed by atoms with Gasteiger partial charge in [0.1, 0.15) is 6.10 Å². The molecule has 2 heterocycles. The smallest absolute Gasteiger partial charge is 0.356 e. The summed E-state index contributed by atoms with van der Waals surface area (Å²) in [6.07, 6.45) is 4.31. The number of ether oxygens (including phenoxy) is 1. The van der Waals surface area contributed by atoms with Crippen molar-refractivity contribution in [2.45, 2.75) is 38.5 Å². The van der Waals surface area contributed by atoms with Crippen LogP contribution in [0.4, 0.5) is 0 Å². The van der Waals surface area contributed by atoms with Gasteiger partial charge >= 0.3 is 5.97 Å². The molecule has 1 amide bonds. The van der Waals surface area contributed by atoms with E-state index in [1.54, 1.807) is 4.57 Å². The summed E-state index contributed by atoms with van der Waals surface area (Å²) < 4.78 is 7.08. The number of nitrogens with one attached hydrogen (secondary N) is 1. The van der Waals surface area contributed by atoms with Crippen molar-refractivity contribution in [1.29, 1.82) is 0 Å². The van der Waals surface area contributed by atoms with Crippen LogP contribution in [0.1, 0.15) is 30.3 Å². The van der Waals surface area contributed by atoms with Crippen molar-refractivity contribution in [2.75, 3.05) is 6.54 Å². The average Bonchev–Trinajstić information content (AvgIpc) is 2.98. The van der Waals surface area contributed by atoms with Crippen LogP contribution >= 0.6 is 0 Å². The molecule has 1 aromatic heterocycles. The predicted octanol–water partition coefficient (Wildman–Crippen LogP) is 0.265. The van der Waals surface area contributed by atoms with Crippen LogP contribution in [0.2, 0.25) is 0 Å². The Balaban J connectivity index is 1.73. The molecule has 1 aromatic rings. The lowest BCUT2D eigenvalue weighted by atomic mass is 10.2. The zero-order valence-electron chi connectivity index (χ0n) is 10.7. The van der Waals surface area contributed by atoms with Gasteiger partial charge in [0.05, 0.1) is 12.4 Å². The highest BCUT2D eigenvalue weighted by Crippen LogP contribution is 2.18. The molecule has 2 N–H and O–H groups in total. The van der Waals surface area contributed by atoms with Crippen molar-refractivity contribution >= 4 is 11.9 Å². The standard InChI is InChI=1S/C12H17N3O4/c1-8-2-3-10(19-8)11(16)13-4-5-15-6-9(12(17)18)14-7-15/h6-8,10H,2-5H2,1H3,(H,13,16)(H,17,18). The molecule has 1 aliphatic rings. The van der Waals surface area contributed by atoms with Crippen molar-refractivity contribution in [3.05, 3.63) is 18.2 Å². The first-order valence-corrected chi connectivity index (χ1v) is 6.24. The quantitative estimate of drug-likeness (QED) is 0.798. The molecule has 0 aliphatic carbocycles. The second-order valence-corrected chi connectivity index (χ2v) is 4.61. The second kappa shape index (κ2) is 5.83. The van der Waals surface area contributed by atoms with Crippen molar-refractivity contribution < 1.29 is 19.4 Å². The number of aromatic nitrogens is 2. The first kappa shape index (κ1) is 13.5. The molecular formula is C12H17N3O4. The van der Waals surface area contributed by atoms with Gasteiger partial charge in [0.25, 0.3) is 0 Å². The third-order valence-corrected chi connectivity index (χ3v) is 3.05. The van der Waals surface area contributed by atoms with Gasteiger partial charge in [-0.1, -0.05) is 0 Å². The lowest BCUT2D eigenvalue weighted by molar-refractivity contribution is -0.131. The zero-order valence-corrected chi connectivity index (χ0v) is 10.7. The van der Waals surface area contributed by atoms with Gasteiger partial charge in [-0.25, -0.2) is 9.78 Å². The van der Waals surface area contributed by atoms with Crippen LogP contribution in [-0.4, -0.2) is 45.3 Å². The predicted molar refractivity (Wildman–Crippen MR) is 65.8 cm³/mol. The summed E-state index contributed by atoms with van der Waals surface area (Å²) in [5, 5.41) is 11.5. The van der Waals surface area contributed by atoms with Crippen LogP contribution in [0, 0.1) is 0 Å². The maximum absolute atomic E-state index is 11.7. The van der Waals surface area contributed by atoms with E-state index in [-0.39, 0.29) is 23.8 Å². The minimum atomic E-state index is -1.06. The summed E-state index contributed by atoms with van der Waals surface area (Å²) in [7, 11) is 0. The number of hydrogen-bond acceptors (Lipinski definition) is 4. The third kappa shape index (κ3) is 3.54. The SMILES string of the molecule is CC1CCC(C(=O)NCCn2cnc(C(=O)O)c2)O1. The number of hydrogen-bond donors (Lipinski definition) is 2. The Morgan fingerprint density at radius 2 is 2.37 bits per heavy atom. The molecule has 19 heavy (non-hydrogen) atoms. The minimum absolute atomic E-state index is 0.000669. The Kier molecular flexibility index (Phi) is 4.16. The van der Waals surface area contributed by atoms with E-state index in [0.717, 1.165) is 12.8 Å². The highest BCUT2D eigenvalue weighted by atomic mass is 16.5. The van der Waals surface area contributed by atoms with Crippen LogP contribution in [0.25, 0.3) is 0 Å². The Morgan fingerprint density at radius 1 is 1.58 bits per heavy atom. The molecule has 104 valence electrons. The van der Waals surface area contributed by atoms with E-state index < -0.39 is 5.97 Å². The van der Waals surface area contributed by atoms with Crippen LogP contribution in [-0.2, 0) is 16.1 Å². The molecule has 0 radical (unpaired) electrons. The van der Waals surface area contributed by atoms with Gasteiger partial charge < -0.3 is 19.7 Å². The van der Waals surface area contributed by atoms with E-state index in [1.807, 2.05) is 6.92 Å². The Labute approximate surface area is 110 Å². The number of nitrogens with zero attached hydrogens (tertiary/aromatic N) is 2. The number of aromatic carboxylic acids is 1. The van der Waals surface area contributed by atoms with Gasteiger partial charge in [0.15, 0.2) is 5.69 Å². The van der Waals surface area contributed by atoms with E-state index >= 15 is 0 Å². The Morgan fingerprint density at radius 3 is 2.95 bits per heavy atom. The number of rotatable bonds is 5. The van der Waals surface area contributed by atoms with Crippen LogP contribution in [0.5, 0.6) is 0 Å². The fourth-order valence-electron chi connectivity index (χ4n) is 2.01. The summed E-state index contributed by atoms with van der Waals surface area (Å²) in [4.78, 5) is 26.1. The summed E-state index contributed by atoms with van der Waals surface area (Å²) in [6.45, 7) is 2.85. The Hall–Kier alpha value is -1.89. The molecule has 0 bridgehead atoms. The monoisotopic (exact) mass is 267 g/mol. The fourth-order valence-corrected chi connectivity index (χ4v) is 2.01. The summed E-state index contributed by atoms with van der Waals surface area (Å²) in [5.74, 6) is -1.17. The lowest BCUT2D eigenvalue weighted by Crippen LogP contribution is -2.36. The number of carboxylic acid groups (broad SMARTS) is 1. The minimum Gasteiger partial charge on any atom is -0.476 e. The number of carbonyl (C=O) groups is 2. The summed E-state index contributed by atoms with van der Waals surface area (Å²) in [5.41, 5.74) is -0.000669. The first-order valence-electron chi connectivity index (χ1n) is 6.24. The number of carbonyl (C=O) groups excluding carboxylic acids is 1. The molecule has 7 heteroatoms. The van der Waals surface area contributed by atoms with Crippen molar-refractivity contribution in [2.24, 2.45) is 0 Å². The highest BCUT2D eigenvalue weighted by Gasteiger charge is 2.27. The second-order valence-electron chi connectivity index (χ2n) is 4.61. The van der Waals surface area contributed by atoms with Gasteiger partial charge in [-0.05, 0) is 19.8 Å². The number of amides is 1. The summed E-state index contributed by atoms with van der Waals surface area (Å²) >= 11 is 0. The zero-order chi connectivity index (χ0) is 13.8. The van der Waals surface area contributed by atoms with Crippen LogP contribution in [0.15, 0.2) is 12.5 Å². The van der Waals surface area contributed by atoms with E-state index in [2.05, 4.69) is 10.3 Å². The highest BCUT2D eigenvalue weighted by molar-refractivity contribution is 5.84. The molecule has 7 nitrogen and oxygen atoms in total. The first-order chi connectivity index (χ1) is 9.06. The molecule has 2 atom stereocenters. The molecule has 2 unspecified atom stereocenters. The van der Waals surface area contributed by atoms with E-state index in [1.165, 1.54) is 12.5 Å². The van der Waals surface area contributed by atoms with Crippen molar-refractivity contribution in [3.8, 4) is 0 Å². The molecular weight excluding hydrogens is 250 g/mol. The van der Waals surface area contributed by atoms with Crippen LogP contribution in [0.3, 0.4) is 0 Å². The normalized spacial score (nSPS) is 22.4. The van der Waals surface area contributed by atoms with E-state index in [4.69, 9.17) is 9.84 Å². The van der Waals surface area contributed by atoms with Crippen molar-refractivity contribution in [3.63, 3.8) is 0 Å². The van der Waals surface area contributed by atoms with E-state index in [9.17, 15) is 9.59 Å². The molecule has 1 fully saturated rings. The maximum Gasteiger partial charge on any atom is 0.356 e. The molecule has 2 rings (SSSR count). The molecule has 0 saturated carbocycles. The fraction of sp³-hybridized carbons (Fsp3) is 0.583. The van der Waals surface area contributed by atoms with Gasteiger partial charge in [0.2, 0.25) is 5.91 Å². The lowest BCUT2D eigenvalue weighted by Gasteiger charge is -2.11. The number of carboxylic acids is 1.